The summed E-state index contributed by atoms with van der Waals surface area (Å²) < 4.78 is 1.79. The molecule has 2 N–H and O–H groups in total. The SMILES string of the molecule is Cc1ccc(-c2csc(NC(=O)C3(n4cccn4)CCNCC3)n2)cc1C.Cl. The number of anilines is 1. The summed E-state index contributed by atoms with van der Waals surface area (Å²) in [5.41, 5.74) is 3.78. The lowest BCUT2D eigenvalue weighted by molar-refractivity contribution is -0.126. The monoisotopic (exact) mass is 417 g/mol. The lowest BCUT2D eigenvalue weighted by Gasteiger charge is -2.36. The molecule has 0 radical (unpaired) electrons. The average molecular weight is 418 g/mol. The Morgan fingerprint density at radius 1 is 1.25 bits per heavy atom. The minimum Gasteiger partial charge on any atom is -0.317 e. The zero-order valence-corrected chi connectivity index (χ0v) is 17.6. The van der Waals surface area contributed by atoms with E-state index in [1.807, 2.05) is 17.6 Å². The van der Waals surface area contributed by atoms with Gasteiger partial charge in [-0.2, -0.15) is 5.10 Å². The van der Waals surface area contributed by atoms with Crippen LogP contribution < -0.4 is 10.6 Å². The Bertz CT molecular complexity index is 947. The predicted molar refractivity (Wildman–Crippen MR) is 115 cm³/mol. The van der Waals surface area contributed by atoms with Crippen LogP contribution in [-0.4, -0.2) is 33.8 Å². The van der Waals surface area contributed by atoms with Crippen LogP contribution in [0.25, 0.3) is 11.3 Å². The molecule has 3 aromatic rings. The third-order valence-corrected chi connectivity index (χ3v) is 6.08. The van der Waals surface area contributed by atoms with Crippen molar-refractivity contribution in [3.63, 3.8) is 0 Å². The molecule has 0 spiro atoms. The highest BCUT2D eigenvalue weighted by molar-refractivity contribution is 7.14. The van der Waals surface area contributed by atoms with Crippen LogP contribution in [0.1, 0.15) is 24.0 Å². The van der Waals surface area contributed by atoms with Crippen molar-refractivity contribution in [3.05, 3.63) is 53.2 Å². The first kappa shape index (κ1) is 20.5. The minimum absolute atomic E-state index is 0. The quantitative estimate of drug-likeness (QED) is 0.677. The molecule has 148 valence electrons. The maximum absolute atomic E-state index is 13.2. The van der Waals surface area contributed by atoms with Crippen LogP contribution in [0.5, 0.6) is 0 Å². The normalized spacial score (nSPS) is 15.6. The van der Waals surface area contributed by atoms with Gasteiger partial charge in [0.05, 0.1) is 5.69 Å². The number of nitrogens with zero attached hydrogens (tertiary/aromatic N) is 3. The number of benzene rings is 1. The Morgan fingerprint density at radius 2 is 2.04 bits per heavy atom. The molecule has 2 aromatic heterocycles. The summed E-state index contributed by atoms with van der Waals surface area (Å²) >= 11 is 1.45. The van der Waals surface area contributed by atoms with E-state index >= 15 is 0 Å². The van der Waals surface area contributed by atoms with Crippen LogP contribution >= 0.6 is 23.7 Å². The summed E-state index contributed by atoms with van der Waals surface area (Å²) in [6.45, 7) is 5.77. The first-order valence-electron chi connectivity index (χ1n) is 9.14. The van der Waals surface area contributed by atoms with Crippen molar-refractivity contribution in [2.24, 2.45) is 0 Å². The molecular weight excluding hydrogens is 394 g/mol. The number of halogens is 1. The van der Waals surface area contributed by atoms with Crippen molar-refractivity contribution >= 4 is 34.8 Å². The van der Waals surface area contributed by atoms with E-state index in [1.54, 1.807) is 10.9 Å². The number of nitrogens with one attached hydrogen (secondary N) is 2. The van der Waals surface area contributed by atoms with Gasteiger partial charge < -0.3 is 5.32 Å². The topological polar surface area (TPSA) is 71.8 Å². The number of hydrogen-bond acceptors (Lipinski definition) is 5. The number of aryl methyl sites for hydroxylation is 2. The van der Waals surface area contributed by atoms with Gasteiger partial charge in [-0.1, -0.05) is 12.1 Å². The largest absolute Gasteiger partial charge is 0.317 e. The second-order valence-electron chi connectivity index (χ2n) is 7.02. The van der Waals surface area contributed by atoms with E-state index in [0.717, 1.165) is 24.3 Å². The molecule has 0 bridgehead atoms. The molecule has 1 aliphatic rings. The highest BCUT2D eigenvalue weighted by Gasteiger charge is 2.42. The van der Waals surface area contributed by atoms with Gasteiger partial charge in [0.1, 0.15) is 5.54 Å². The van der Waals surface area contributed by atoms with Crippen LogP contribution in [-0.2, 0) is 10.3 Å². The number of thiazole rings is 1. The van der Waals surface area contributed by atoms with Gasteiger partial charge in [0, 0.05) is 23.3 Å². The van der Waals surface area contributed by atoms with Gasteiger partial charge in [-0.05, 0) is 63.0 Å². The molecule has 6 nitrogen and oxygen atoms in total. The molecule has 28 heavy (non-hydrogen) atoms. The summed E-state index contributed by atoms with van der Waals surface area (Å²) in [4.78, 5) is 17.8. The Balaban J connectivity index is 0.00000225. The first-order valence-corrected chi connectivity index (χ1v) is 10.0. The molecule has 1 amide bonds. The van der Waals surface area contributed by atoms with E-state index < -0.39 is 5.54 Å². The van der Waals surface area contributed by atoms with Crippen molar-refractivity contribution < 1.29 is 4.79 Å². The highest BCUT2D eigenvalue weighted by Crippen LogP contribution is 2.31. The standard InChI is InChI=1S/C20H23N5OS.ClH/c1-14-4-5-16(12-15(14)2)17-13-27-19(23-17)24-18(26)20(6-9-21-10-7-20)25-11-3-8-22-25;/h3-5,8,11-13,21H,6-7,9-10H2,1-2H3,(H,23,24,26);1H. The van der Waals surface area contributed by atoms with E-state index in [0.29, 0.717) is 18.0 Å². The number of piperidine rings is 1. The van der Waals surface area contributed by atoms with Crippen LogP contribution in [0.15, 0.2) is 42.0 Å². The number of rotatable bonds is 4. The zero-order chi connectivity index (χ0) is 18.9. The molecule has 0 unspecified atom stereocenters. The summed E-state index contributed by atoms with van der Waals surface area (Å²) in [6, 6.07) is 8.16. The molecule has 1 saturated heterocycles. The molecule has 1 aliphatic heterocycles. The fourth-order valence-corrected chi connectivity index (χ4v) is 4.22. The number of amides is 1. The van der Waals surface area contributed by atoms with Crippen molar-refractivity contribution in [2.45, 2.75) is 32.2 Å². The average Bonchev–Trinajstić information content (AvgIpc) is 3.37. The molecule has 0 saturated carbocycles. The third-order valence-electron chi connectivity index (χ3n) is 5.32. The van der Waals surface area contributed by atoms with Crippen molar-refractivity contribution in [1.29, 1.82) is 0 Å². The lowest BCUT2D eigenvalue weighted by atomic mass is 9.87. The summed E-state index contributed by atoms with van der Waals surface area (Å²) in [7, 11) is 0. The van der Waals surface area contributed by atoms with E-state index in [-0.39, 0.29) is 18.3 Å². The summed E-state index contributed by atoms with van der Waals surface area (Å²) in [6.07, 6.45) is 5.00. The zero-order valence-electron chi connectivity index (χ0n) is 15.9. The van der Waals surface area contributed by atoms with Crippen LogP contribution in [0.4, 0.5) is 5.13 Å². The second-order valence-corrected chi connectivity index (χ2v) is 7.88. The van der Waals surface area contributed by atoms with Crippen LogP contribution in [0, 0.1) is 13.8 Å². The minimum atomic E-state index is -0.666. The lowest BCUT2D eigenvalue weighted by Crippen LogP contribution is -2.52. The molecular formula is C20H24ClN5OS. The van der Waals surface area contributed by atoms with E-state index in [1.165, 1.54) is 22.5 Å². The molecule has 0 atom stereocenters. The van der Waals surface area contributed by atoms with Gasteiger partial charge in [0.15, 0.2) is 5.13 Å². The molecule has 4 rings (SSSR count). The van der Waals surface area contributed by atoms with E-state index in [2.05, 4.69) is 52.8 Å². The fraction of sp³-hybridized carbons (Fsp3) is 0.350. The first-order chi connectivity index (χ1) is 13.1. The van der Waals surface area contributed by atoms with Gasteiger partial charge in [-0.15, -0.1) is 23.7 Å². The van der Waals surface area contributed by atoms with Gasteiger partial charge in [-0.3, -0.25) is 14.8 Å². The molecule has 3 heterocycles. The van der Waals surface area contributed by atoms with Gasteiger partial charge in [0.25, 0.3) is 5.91 Å². The Hall–Kier alpha value is -2.22. The maximum Gasteiger partial charge on any atom is 0.254 e. The Morgan fingerprint density at radius 3 is 2.71 bits per heavy atom. The number of carbonyl (C=O) groups excluding carboxylic acids is 1. The van der Waals surface area contributed by atoms with E-state index in [9.17, 15) is 4.79 Å². The van der Waals surface area contributed by atoms with Crippen molar-refractivity contribution in [2.75, 3.05) is 18.4 Å². The molecule has 0 aliphatic carbocycles. The number of hydrogen-bond donors (Lipinski definition) is 2. The van der Waals surface area contributed by atoms with Gasteiger partial charge >= 0.3 is 0 Å². The predicted octanol–water partition coefficient (Wildman–Crippen LogP) is 3.76. The smallest absolute Gasteiger partial charge is 0.254 e. The van der Waals surface area contributed by atoms with Crippen molar-refractivity contribution in [3.8, 4) is 11.3 Å². The van der Waals surface area contributed by atoms with Crippen LogP contribution in [0.2, 0.25) is 0 Å². The fourth-order valence-electron chi connectivity index (χ4n) is 3.50. The second kappa shape index (κ2) is 8.43. The maximum atomic E-state index is 13.2. The highest BCUT2D eigenvalue weighted by atomic mass is 35.5. The Labute approximate surface area is 174 Å². The third kappa shape index (κ3) is 3.83. The number of aromatic nitrogens is 3. The number of carbonyl (C=O) groups is 1. The molecule has 1 aromatic carbocycles. The van der Waals surface area contributed by atoms with Crippen molar-refractivity contribution in [1.82, 2.24) is 20.1 Å². The molecule has 1 fully saturated rings. The van der Waals surface area contributed by atoms with Gasteiger partial charge in [-0.25, -0.2) is 4.98 Å². The summed E-state index contributed by atoms with van der Waals surface area (Å²) in [5, 5.41) is 13.3. The molecule has 8 heteroatoms. The van der Waals surface area contributed by atoms with Crippen LogP contribution in [0.3, 0.4) is 0 Å². The van der Waals surface area contributed by atoms with E-state index in [4.69, 9.17) is 0 Å². The Kier molecular flexibility index (Phi) is 6.17. The summed E-state index contributed by atoms with van der Waals surface area (Å²) in [5.74, 6) is -0.0475. The van der Waals surface area contributed by atoms with Gasteiger partial charge in [0.2, 0.25) is 0 Å².